The first kappa shape index (κ1) is 19.8. The summed E-state index contributed by atoms with van der Waals surface area (Å²) in [5.41, 5.74) is 3.05. The van der Waals surface area contributed by atoms with Gasteiger partial charge in [-0.1, -0.05) is 0 Å². The predicted molar refractivity (Wildman–Crippen MR) is 120 cm³/mol. The lowest BCUT2D eigenvalue weighted by Crippen LogP contribution is -2.55. The molecule has 2 amide bonds. The van der Waals surface area contributed by atoms with E-state index in [2.05, 4.69) is 26.6 Å². The molecule has 30 heavy (non-hydrogen) atoms. The molecule has 5 rings (SSSR count). The van der Waals surface area contributed by atoms with Crippen molar-refractivity contribution < 1.29 is 9.59 Å². The molecule has 5 nitrogen and oxygen atoms in total. The normalized spacial score (nSPS) is 24.9. The van der Waals surface area contributed by atoms with Crippen LogP contribution in [-0.2, 0) is 11.3 Å². The Bertz CT molecular complexity index is 896. The Hall–Kier alpha value is -2.18. The molecule has 0 aliphatic carbocycles. The van der Waals surface area contributed by atoms with Gasteiger partial charge < -0.3 is 9.80 Å². The van der Waals surface area contributed by atoms with E-state index in [0.717, 1.165) is 63.2 Å². The van der Waals surface area contributed by atoms with Crippen LogP contribution >= 0.6 is 11.3 Å². The van der Waals surface area contributed by atoms with E-state index in [0.29, 0.717) is 18.4 Å². The van der Waals surface area contributed by atoms with Gasteiger partial charge >= 0.3 is 0 Å². The highest BCUT2D eigenvalue weighted by Gasteiger charge is 2.38. The van der Waals surface area contributed by atoms with Crippen molar-refractivity contribution in [3.8, 4) is 0 Å². The van der Waals surface area contributed by atoms with Gasteiger partial charge in [-0.3, -0.25) is 14.5 Å². The summed E-state index contributed by atoms with van der Waals surface area (Å²) in [6.45, 7) is 4.80. The van der Waals surface area contributed by atoms with E-state index in [1.807, 2.05) is 29.2 Å². The van der Waals surface area contributed by atoms with Gasteiger partial charge in [0.15, 0.2) is 0 Å². The third-order valence-corrected chi connectivity index (χ3v) is 7.63. The fraction of sp³-hybridized carbons (Fsp3) is 0.500. The minimum Gasteiger partial charge on any atom is -0.335 e. The van der Waals surface area contributed by atoms with Crippen LogP contribution in [0.2, 0.25) is 0 Å². The quantitative estimate of drug-likeness (QED) is 0.747. The van der Waals surface area contributed by atoms with Crippen molar-refractivity contribution in [3.63, 3.8) is 0 Å². The molecule has 0 radical (unpaired) electrons. The summed E-state index contributed by atoms with van der Waals surface area (Å²) in [6.07, 6.45) is 4.89. The highest BCUT2D eigenvalue weighted by molar-refractivity contribution is 7.07. The Morgan fingerprint density at radius 2 is 1.90 bits per heavy atom. The monoisotopic (exact) mass is 423 g/mol. The Morgan fingerprint density at radius 3 is 2.63 bits per heavy atom. The van der Waals surface area contributed by atoms with Crippen LogP contribution in [0.1, 0.15) is 48.0 Å². The van der Waals surface area contributed by atoms with Crippen molar-refractivity contribution >= 4 is 28.8 Å². The second-order valence-corrected chi connectivity index (χ2v) is 9.60. The van der Waals surface area contributed by atoms with Crippen molar-refractivity contribution in [3.05, 3.63) is 52.2 Å². The average molecular weight is 424 g/mol. The Morgan fingerprint density at radius 1 is 1.03 bits per heavy atom. The summed E-state index contributed by atoms with van der Waals surface area (Å²) < 4.78 is 0. The van der Waals surface area contributed by atoms with Crippen molar-refractivity contribution in [2.75, 3.05) is 31.1 Å². The third-order valence-electron chi connectivity index (χ3n) is 6.90. The highest BCUT2D eigenvalue weighted by atomic mass is 32.1. The summed E-state index contributed by atoms with van der Waals surface area (Å²) in [5.74, 6) is 0.897. The number of anilines is 1. The number of carbonyl (C=O) groups is 2. The number of thiophene rings is 1. The van der Waals surface area contributed by atoms with Gasteiger partial charge in [0, 0.05) is 56.4 Å². The number of carbonyl (C=O) groups excluding carboxylic acids is 2. The van der Waals surface area contributed by atoms with Crippen LogP contribution in [0.15, 0.2) is 41.1 Å². The van der Waals surface area contributed by atoms with E-state index in [4.69, 9.17) is 0 Å². The topological polar surface area (TPSA) is 43.9 Å². The first-order valence-corrected chi connectivity index (χ1v) is 12.1. The molecule has 6 heteroatoms. The zero-order chi connectivity index (χ0) is 20.5. The zero-order valence-electron chi connectivity index (χ0n) is 17.3. The molecule has 1 aromatic carbocycles. The van der Waals surface area contributed by atoms with Crippen LogP contribution in [0.25, 0.3) is 0 Å². The molecule has 3 fully saturated rings. The smallest absolute Gasteiger partial charge is 0.254 e. The summed E-state index contributed by atoms with van der Waals surface area (Å²) >= 11 is 1.76. The SMILES string of the molecule is O=C1CCCN1c1ccc(C(=O)N2CCC[C@@H]3CN(Cc4ccsc4)CC[C@H]32)cc1. The molecule has 0 N–H and O–H groups in total. The maximum Gasteiger partial charge on any atom is 0.254 e. The van der Waals surface area contributed by atoms with Crippen LogP contribution in [0.4, 0.5) is 5.69 Å². The van der Waals surface area contributed by atoms with Gasteiger partial charge in [-0.05, 0) is 78.3 Å². The minimum absolute atomic E-state index is 0.148. The first-order chi connectivity index (χ1) is 14.7. The van der Waals surface area contributed by atoms with Crippen LogP contribution in [0.3, 0.4) is 0 Å². The molecule has 1 aromatic heterocycles. The number of fused-ring (bicyclic) bond motifs is 1. The predicted octanol–water partition coefficient (Wildman–Crippen LogP) is 4.00. The Labute approximate surface area is 182 Å². The third kappa shape index (κ3) is 3.91. The van der Waals surface area contributed by atoms with Crippen molar-refractivity contribution in [2.24, 2.45) is 5.92 Å². The fourth-order valence-electron chi connectivity index (χ4n) is 5.39. The van der Waals surface area contributed by atoms with Crippen LogP contribution < -0.4 is 4.90 Å². The number of hydrogen-bond acceptors (Lipinski definition) is 4. The number of piperidine rings is 2. The van der Waals surface area contributed by atoms with Gasteiger partial charge in [0.1, 0.15) is 0 Å². The molecule has 2 atom stereocenters. The standard InChI is InChI=1S/C24H29N3O2S/c28-23-4-2-11-26(23)21-7-5-19(6-8-21)24(29)27-12-1-3-20-16-25(13-9-22(20)27)15-18-10-14-30-17-18/h5-8,10,14,17,20,22H,1-4,9,11-13,15-16H2/t20-,22-/m1/s1. The molecule has 4 heterocycles. The molecular formula is C24H29N3O2S. The van der Waals surface area contributed by atoms with Crippen LogP contribution in [0.5, 0.6) is 0 Å². The van der Waals surface area contributed by atoms with E-state index in [1.165, 1.54) is 12.0 Å². The minimum atomic E-state index is 0.148. The maximum atomic E-state index is 13.3. The van der Waals surface area contributed by atoms with Gasteiger partial charge in [-0.2, -0.15) is 11.3 Å². The number of likely N-dealkylation sites (tertiary alicyclic amines) is 2. The van der Waals surface area contributed by atoms with Gasteiger partial charge in [0.2, 0.25) is 5.91 Å². The van der Waals surface area contributed by atoms with E-state index in [9.17, 15) is 9.59 Å². The van der Waals surface area contributed by atoms with Gasteiger partial charge in [0.25, 0.3) is 5.91 Å². The molecule has 3 saturated heterocycles. The molecule has 0 saturated carbocycles. The number of rotatable bonds is 4. The van der Waals surface area contributed by atoms with Crippen LogP contribution in [0, 0.1) is 5.92 Å². The summed E-state index contributed by atoms with van der Waals surface area (Å²) in [4.78, 5) is 31.8. The molecule has 0 unspecified atom stereocenters. The van der Waals surface area contributed by atoms with Crippen molar-refractivity contribution in [2.45, 2.75) is 44.7 Å². The first-order valence-electron chi connectivity index (χ1n) is 11.1. The van der Waals surface area contributed by atoms with E-state index in [1.54, 1.807) is 11.3 Å². The molecule has 0 bridgehead atoms. The molecule has 2 aromatic rings. The molecule has 0 spiro atoms. The van der Waals surface area contributed by atoms with E-state index < -0.39 is 0 Å². The number of hydrogen-bond donors (Lipinski definition) is 0. The molecule has 3 aliphatic heterocycles. The Balaban J connectivity index is 1.25. The van der Waals surface area contributed by atoms with Gasteiger partial charge in [0.05, 0.1) is 0 Å². The molecule has 158 valence electrons. The summed E-state index contributed by atoms with van der Waals surface area (Å²) in [7, 11) is 0. The van der Waals surface area contributed by atoms with E-state index >= 15 is 0 Å². The lowest BCUT2D eigenvalue weighted by atomic mass is 9.83. The van der Waals surface area contributed by atoms with Crippen molar-refractivity contribution in [1.82, 2.24) is 9.80 Å². The Kier molecular flexibility index (Phi) is 5.61. The molecular weight excluding hydrogens is 394 g/mol. The number of amides is 2. The fourth-order valence-corrected chi connectivity index (χ4v) is 6.05. The molecule has 3 aliphatic rings. The summed E-state index contributed by atoms with van der Waals surface area (Å²) in [6, 6.07) is 10.2. The second-order valence-electron chi connectivity index (χ2n) is 8.82. The number of nitrogens with zero attached hydrogens (tertiary/aromatic N) is 3. The van der Waals surface area contributed by atoms with Crippen molar-refractivity contribution in [1.29, 1.82) is 0 Å². The van der Waals surface area contributed by atoms with E-state index in [-0.39, 0.29) is 11.8 Å². The van der Waals surface area contributed by atoms with Crippen LogP contribution in [-0.4, -0.2) is 53.8 Å². The lowest BCUT2D eigenvalue weighted by Gasteiger charge is -2.47. The highest BCUT2D eigenvalue weighted by Crippen LogP contribution is 2.33. The van der Waals surface area contributed by atoms with Gasteiger partial charge in [-0.25, -0.2) is 0 Å². The second kappa shape index (κ2) is 8.52. The number of benzene rings is 1. The lowest BCUT2D eigenvalue weighted by molar-refractivity contribution is -0.117. The largest absolute Gasteiger partial charge is 0.335 e. The van der Waals surface area contributed by atoms with Gasteiger partial charge in [-0.15, -0.1) is 0 Å². The zero-order valence-corrected chi connectivity index (χ0v) is 18.2. The average Bonchev–Trinajstić information content (AvgIpc) is 3.44. The summed E-state index contributed by atoms with van der Waals surface area (Å²) in [5, 5.41) is 4.39. The maximum absolute atomic E-state index is 13.3.